The average molecular weight is 672 g/mol. The van der Waals surface area contributed by atoms with Crippen molar-refractivity contribution in [3.05, 3.63) is 95.4 Å². The van der Waals surface area contributed by atoms with E-state index in [9.17, 15) is 0 Å². The van der Waals surface area contributed by atoms with Crippen LogP contribution in [0.4, 0.5) is 0 Å². The molecule has 0 saturated heterocycles. The minimum atomic E-state index is -0.375. The Hall–Kier alpha value is -2.69. The molecule has 2 N–H and O–H groups in total. The number of hydrogen-bond acceptors (Lipinski definition) is 4. The molecule has 0 aliphatic heterocycles. The first kappa shape index (κ1) is 28.9. The number of aliphatic hydroxyl groups is 2. The Morgan fingerprint density at radius 2 is 1.51 bits per heavy atom. The molecule has 5 heteroatoms. The van der Waals surface area contributed by atoms with Gasteiger partial charge in [-0.05, 0) is 56.4 Å². The van der Waals surface area contributed by atoms with Crippen molar-refractivity contribution in [2.75, 3.05) is 0 Å². The maximum atomic E-state index is 8.56. The summed E-state index contributed by atoms with van der Waals surface area (Å²) in [4.78, 5) is 9.07. The van der Waals surface area contributed by atoms with E-state index in [0.717, 1.165) is 22.6 Å². The van der Waals surface area contributed by atoms with Crippen LogP contribution in [0.3, 0.4) is 0 Å². The van der Waals surface area contributed by atoms with E-state index in [1.54, 1.807) is 13.8 Å². The molecule has 4 nitrogen and oxygen atoms in total. The molecule has 1 heterocycles. The van der Waals surface area contributed by atoms with E-state index in [1.807, 2.05) is 20.0 Å². The number of benzene rings is 3. The molecule has 3 aromatic carbocycles. The maximum Gasteiger partial charge on any atom is 0.0539 e. The molecule has 37 heavy (non-hydrogen) atoms. The van der Waals surface area contributed by atoms with Crippen molar-refractivity contribution in [3.63, 3.8) is 0 Å². The number of aryl methyl sites for hydroxylation is 2. The molecule has 2 unspecified atom stereocenters. The zero-order valence-corrected chi connectivity index (χ0v) is 24.7. The molecule has 195 valence electrons. The number of hydrogen-bond donors (Lipinski definition) is 2. The zero-order valence-electron chi connectivity index (χ0n) is 22.3. The van der Waals surface area contributed by atoms with Crippen LogP contribution in [0.25, 0.3) is 33.5 Å². The first-order valence-corrected chi connectivity index (χ1v) is 12.5. The van der Waals surface area contributed by atoms with Crippen LogP contribution in [-0.2, 0) is 25.5 Å². The minimum Gasteiger partial charge on any atom is -0.393 e. The van der Waals surface area contributed by atoms with Crippen LogP contribution < -0.4 is 0 Å². The van der Waals surface area contributed by atoms with Crippen molar-refractivity contribution in [3.8, 4) is 33.5 Å². The minimum absolute atomic E-state index is 0. The van der Waals surface area contributed by atoms with Gasteiger partial charge in [-0.25, -0.2) is 0 Å². The smallest absolute Gasteiger partial charge is 0.0539 e. The first-order valence-electron chi connectivity index (χ1n) is 12.5. The van der Waals surface area contributed by atoms with E-state index >= 15 is 0 Å². The normalized spacial score (nSPS) is 14.4. The molecule has 1 radical (unpaired) electrons. The summed E-state index contributed by atoms with van der Waals surface area (Å²) in [6.07, 6.45) is 1.53. The van der Waals surface area contributed by atoms with E-state index < -0.39 is 0 Å². The van der Waals surface area contributed by atoms with Crippen LogP contribution in [0.15, 0.2) is 66.9 Å². The molecule has 0 spiro atoms. The third kappa shape index (κ3) is 6.24. The summed E-state index contributed by atoms with van der Waals surface area (Å²) >= 11 is 0. The largest absolute Gasteiger partial charge is 0.393 e. The Kier molecular flexibility index (Phi) is 9.20. The average Bonchev–Trinajstić information content (AvgIpc) is 3.06. The van der Waals surface area contributed by atoms with Gasteiger partial charge in [0.25, 0.3) is 0 Å². The second-order valence-electron chi connectivity index (χ2n) is 10.3. The van der Waals surface area contributed by atoms with Gasteiger partial charge in [0.15, 0.2) is 0 Å². The van der Waals surface area contributed by atoms with E-state index in [-0.39, 0.29) is 37.7 Å². The monoisotopic (exact) mass is 672 g/mol. The van der Waals surface area contributed by atoms with Crippen molar-refractivity contribution in [1.29, 1.82) is 0 Å². The SMILES string of the molecule is CC(O)CC(C)O.Cc1cnc(-c2[c-]cc(-c3ccc4c(c3)C(C)(C)c3ccccc3-4)cc2)c(C)n1.[Ir]. The van der Waals surface area contributed by atoms with Gasteiger partial charge in [-0.1, -0.05) is 67.4 Å². The Bertz CT molecular complexity index is 1360. The quantitative estimate of drug-likeness (QED) is 0.238. The van der Waals surface area contributed by atoms with E-state index in [2.05, 4.69) is 90.5 Å². The predicted octanol–water partition coefficient (Wildman–Crippen LogP) is 6.67. The molecule has 0 amide bonds. The van der Waals surface area contributed by atoms with Gasteiger partial charge in [0.2, 0.25) is 0 Å². The standard InChI is InChI=1S/C27H23N2.C5H12O2.Ir/c1-17-16-28-26(18(2)29-17)20-11-9-19(10-12-20)21-13-14-23-22-7-5-6-8-24(22)27(3,4)25(23)15-21;1-4(6)3-5(2)7;/h5-11,13-16H,1-4H3;4-7H,3H2,1-2H3;/q-1;;. The second-order valence-corrected chi connectivity index (χ2v) is 10.3. The van der Waals surface area contributed by atoms with Crippen LogP contribution in [-0.4, -0.2) is 32.4 Å². The molecule has 0 fully saturated rings. The van der Waals surface area contributed by atoms with Crippen LogP contribution >= 0.6 is 0 Å². The third-order valence-electron chi connectivity index (χ3n) is 6.73. The van der Waals surface area contributed by atoms with Gasteiger partial charge in [-0.15, -0.1) is 29.8 Å². The third-order valence-corrected chi connectivity index (χ3v) is 6.73. The Morgan fingerprint density at radius 1 is 0.865 bits per heavy atom. The van der Waals surface area contributed by atoms with Gasteiger partial charge in [-0.2, -0.15) is 0 Å². The van der Waals surface area contributed by atoms with Gasteiger partial charge in [-0.3, -0.25) is 4.98 Å². The van der Waals surface area contributed by atoms with Crippen LogP contribution in [0, 0.1) is 19.9 Å². The van der Waals surface area contributed by atoms with E-state index in [0.29, 0.717) is 6.42 Å². The summed E-state index contributed by atoms with van der Waals surface area (Å²) < 4.78 is 0. The molecule has 4 aromatic rings. The summed E-state index contributed by atoms with van der Waals surface area (Å²) in [6.45, 7) is 11.9. The molecular formula is C32H35IrN2O2-. The molecule has 1 aromatic heterocycles. The summed E-state index contributed by atoms with van der Waals surface area (Å²) in [5.41, 5.74) is 11.6. The number of fused-ring (bicyclic) bond motifs is 3. The molecule has 2 atom stereocenters. The molecule has 1 aliphatic rings. The number of rotatable bonds is 4. The van der Waals surface area contributed by atoms with E-state index in [4.69, 9.17) is 10.2 Å². The zero-order chi connectivity index (χ0) is 26.0. The topological polar surface area (TPSA) is 66.2 Å². The molecule has 0 bridgehead atoms. The molecule has 1 aliphatic carbocycles. The number of nitrogens with zero attached hydrogens (tertiary/aromatic N) is 2. The van der Waals surface area contributed by atoms with Crippen LogP contribution in [0.5, 0.6) is 0 Å². The van der Waals surface area contributed by atoms with Gasteiger partial charge < -0.3 is 15.2 Å². The molecule has 0 saturated carbocycles. The van der Waals surface area contributed by atoms with Gasteiger partial charge >= 0.3 is 0 Å². The van der Waals surface area contributed by atoms with Gasteiger partial charge in [0.1, 0.15) is 0 Å². The Labute approximate surface area is 234 Å². The van der Waals surface area contributed by atoms with Crippen molar-refractivity contribution >= 4 is 0 Å². The number of aromatic nitrogens is 2. The summed E-state index contributed by atoms with van der Waals surface area (Å²) in [5, 5.41) is 17.1. The number of aliphatic hydroxyl groups excluding tert-OH is 2. The summed E-state index contributed by atoms with van der Waals surface area (Å²) in [7, 11) is 0. The predicted molar refractivity (Wildman–Crippen MR) is 147 cm³/mol. The van der Waals surface area contributed by atoms with Crippen LogP contribution in [0.1, 0.15) is 56.6 Å². The summed E-state index contributed by atoms with van der Waals surface area (Å²) in [5.74, 6) is 0. The molecular weight excluding hydrogens is 637 g/mol. The summed E-state index contributed by atoms with van der Waals surface area (Å²) in [6, 6.07) is 25.3. The molecule has 5 rings (SSSR count). The van der Waals surface area contributed by atoms with Crippen molar-refractivity contribution in [2.24, 2.45) is 0 Å². The maximum absolute atomic E-state index is 8.56. The van der Waals surface area contributed by atoms with Crippen molar-refractivity contribution in [2.45, 2.75) is 65.6 Å². The van der Waals surface area contributed by atoms with Gasteiger partial charge in [0.05, 0.1) is 17.9 Å². The fourth-order valence-corrected chi connectivity index (χ4v) is 4.99. The Morgan fingerprint density at radius 3 is 2.11 bits per heavy atom. The van der Waals surface area contributed by atoms with Crippen molar-refractivity contribution < 1.29 is 30.3 Å². The fraction of sp³-hybridized carbons (Fsp3) is 0.312. The van der Waals surface area contributed by atoms with E-state index in [1.165, 1.54) is 33.4 Å². The van der Waals surface area contributed by atoms with Crippen molar-refractivity contribution in [1.82, 2.24) is 9.97 Å². The second kappa shape index (κ2) is 11.8. The Balaban J connectivity index is 0.000000422. The fourth-order valence-electron chi connectivity index (χ4n) is 4.99. The van der Waals surface area contributed by atoms with Gasteiger partial charge in [0, 0.05) is 43.1 Å². The first-order chi connectivity index (χ1) is 17.1. The van der Waals surface area contributed by atoms with Crippen LogP contribution in [0.2, 0.25) is 0 Å².